The average molecular weight is 258 g/mol. The number of nitrogens with one attached hydrogen (secondary N) is 1. The standard InChI is InChI=1S/C15H18N2O2/c1-10-16-7-12(19-10)5-11-3-4-14-13(6-11)15(2,9-18)8-17-14/h3-4,6-7,17-18H,5,8-9H2,1-2H3. The van der Waals surface area contributed by atoms with E-state index < -0.39 is 0 Å². The van der Waals surface area contributed by atoms with Crippen molar-refractivity contribution in [2.75, 3.05) is 18.5 Å². The van der Waals surface area contributed by atoms with Gasteiger partial charge in [-0.25, -0.2) is 4.98 Å². The van der Waals surface area contributed by atoms with Crippen LogP contribution in [0, 0.1) is 6.92 Å². The second-order valence-corrected chi connectivity index (χ2v) is 5.47. The van der Waals surface area contributed by atoms with Crippen molar-refractivity contribution in [2.24, 2.45) is 0 Å². The molecule has 0 saturated carbocycles. The van der Waals surface area contributed by atoms with Crippen molar-refractivity contribution >= 4 is 5.69 Å². The number of rotatable bonds is 3. The van der Waals surface area contributed by atoms with Gasteiger partial charge in [0.25, 0.3) is 0 Å². The first-order valence-electron chi connectivity index (χ1n) is 6.50. The molecule has 2 N–H and O–H groups in total. The van der Waals surface area contributed by atoms with E-state index >= 15 is 0 Å². The third-order valence-corrected chi connectivity index (χ3v) is 3.80. The van der Waals surface area contributed by atoms with E-state index in [1.807, 2.05) is 6.92 Å². The maximum Gasteiger partial charge on any atom is 0.191 e. The van der Waals surface area contributed by atoms with E-state index in [2.05, 4.69) is 35.4 Å². The van der Waals surface area contributed by atoms with Crippen molar-refractivity contribution in [3.8, 4) is 0 Å². The number of anilines is 1. The van der Waals surface area contributed by atoms with Gasteiger partial charge >= 0.3 is 0 Å². The van der Waals surface area contributed by atoms with Gasteiger partial charge in [0.15, 0.2) is 5.89 Å². The molecule has 1 aromatic heterocycles. The fourth-order valence-electron chi connectivity index (χ4n) is 2.57. The summed E-state index contributed by atoms with van der Waals surface area (Å²) in [5, 5.41) is 12.9. The lowest BCUT2D eigenvalue weighted by Crippen LogP contribution is -2.28. The van der Waals surface area contributed by atoms with Gasteiger partial charge in [-0.15, -0.1) is 0 Å². The summed E-state index contributed by atoms with van der Waals surface area (Å²) in [5.74, 6) is 1.56. The Hall–Kier alpha value is -1.81. The molecule has 0 bridgehead atoms. The molecule has 0 spiro atoms. The molecule has 1 unspecified atom stereocenters. The monoisotopic (exact) mass is 258 g/mol. The topological polar surface area (TPSA) is 58.3 Å². The lowest BCUT2D eigenvalue weighted by Gasteiger charge is -2.21. The number of aliphatic hydroxyl groups excluding tert-OH is 1. The maximum atomic E-state index is 9.59. The van der Waals surface area contributed by atoms with Crippen molar-refractivity contribution in [2.45, 2.75) is 25.7 Å². The van der Waals surface area contributed by atoms with E-state index in [0.717, 1.165) is 24.4 Å². The molecular formula is C15H18N2O2. The number of hydrogen-bond acceptors (Lipinski definition) is 4. The highest BCUT2D eigenvalue weighted by molar-refractivity contribution is 5.61. The molecule has 2 heterocycles. The van der Waals surface area contributed by atoms with Crippen LogP contribution < -0.4 is 5.32 Å². The number of aromatic nitrogens is 1. The van der Waals surface area contributed by atoms with Crippen LogP contribution in [0.1, 0.15) is 29.7 Å². The normalized spacial score (nSPS) is 21.2. The summed E-state index contributed by atoms with van der Waals surface area (Å²) in [6.07, 6.45) is 2.50. The maximum absolute atomic E-state index is 9.59. The first kappa shape index (κ1) is 12.2. The summed E-state index contributed by atoms with van der Waals surface area (Å²) in [4.78, 5) is 4.11. The van der Waals surface area contributed by atoms with Gasteiger partial charge < -0.3 is 14.8 Å². The molecule has 0 radical (unpaired) electrons. The fraction of sp³-hybridized carbons (Fsp3) is 0.400. The smallest absolute Gasteiger partial charge is 0.191 e. The lowest BCUT2D eigenvalue weighted by molar-refractivity contribution is 0.218. The molecule has 4 nitrogen and oxygen atoms in total. The number of fused-ring (bicyclic) bond motifs is 1. The predicted octanol–water partition coefficient (Wildman–Crippen LogP) is 2.25. The third kappa shape index (κ3) is 2.12. The molecule has 1 atom stereocenters. The minimum atomic E-state index is -0.192. The molecule has 3 rings (SSSR count). The number of benzene rings is 1. The van der Waals surface area contributed by atoms with Crippen LogP contribution in [0.2, 0.25) is 0 Å². The summed E-state index contributed by atoms with van der Waals surface area (Å²) in [6.45, 7) is 4.86. The largest absolute Gasteiger partial charge is 0.446 e. The van der Waals surface area contributed by atoms with Gasteiger partial charge in [0, 0.05) is 31.0 Å². The number of oxazole rings is 1. The number of aryl methyl sites for hydroxylation is 1. The molecule has 4 heteroatoms. The van der Waals surface area contributed by atoms with Gasteiger partial charge in [-0.05, 0) is 17.2 Å². The van der Waals surface area contributed by atoms with Gasteiger partial charge in [0.2, 0.25) is 0 Å². The Morgan fingerprint density at radius 1 is 1.47 bits per heavy atom. The van der Waals surface area contributed by atoms with Crippen LogP contribution in [-0.2, 0) is 11.8 Å². The molecule has 19 heavy (non-hydrogen) atoms. The quantitative estimate of drug-likeness (QED) is 0.886. The fourth-order valence-corrected chi connectivity index (χ4v) is 2.57. The lowest BCUT2D eigenvalue weighted by atomic mass is 9.84. The number of aliphatic hydroxyl groups is 1. The first-order valence-corrected chi connectivity index (χ1v) is 6.50. The molecule has 0 amide bonds. The Balaban J connectivity index is 1.91. The Morgan fingerprint density at radius 3 is 3.00 bits per heavy atom. The van der Waals surface area contributed by atoms with Gasteiger partial charge in [-0.1, -0.05) is 19.1 Å². The SMILES string of the molecule is Cc1ncc(Cc2ccc3c(c2)C(C)(CO)CN3)o1. The van der Waals surface area contributed by atoms with E-state index in [4.69, 9.17) is 4.42 Å². The van der Waals surface area contributed by atoms with E-state index in [9.17, 15) is 5.11 Å². The molecule has 100 valence electrons. The zero-order valence-corrected chi connectivity index (χ0v) is 11.2. The van der Waals surface area contributed by atoms with Gasteiger partial charge in [0.05, 0.1) is 12.8 Å². The molecule has 0 saturated heterocycles. The number of nitrogens with zero attached hydrogens (tertiary/aromatic N) is 1. The summed E-state index contributed by atoms with van der Waals surface area (Å²) >= 11 is 0. The summed E-state index contributed by atoms with van der Waals surface area (Å²) in [7, 11) is 0. The van der Waals surface area contributed by atoms with Crippen molar-refractivity contribution in [1.82, 2.24) is 4.98 Å². The molecule has 1 aromatic carbocycles. The van der Waals surface area contributed by atoms with E-state index in [-0.39, 0.29) is 12.0 Å². The molecule has 0 fully saturated rings. The van der Waals surface area contributed by atoms with Crippen molar-refractivity contribution in [3.05, 3.63) is 47.2 Å². The van der Waals surface area contributed by atoms with Crippen LogP contribution in [0.5, 0.6) is 0 Å². The summed E-state index contributed by atoms with van der Waals surface area (Å²) in [6, 6.07) is 6.32. The Bertz CT molecular complexity index is 606. The van der Waals surface area contributed by atoms with Crippen LogP contribution in [0.15, 0.2) is 28.8 Å². The van der Waals surface area contributed by atoms with Crippen LogP contribution in [0.4, 0.5) is 5.69 Å². The van der Waals surface area contributed by atoms with Gasteiger partial charge in [-0.2, -0.15) is 0 Å². The zero-order valence-electron chi connectivity index (χ0n) is 11.2. The van der Waals surface area contributed by atoms with E-state index in [0.29, 0.717) is 5.89 Å². The van der Waals surface area contributed by atoms with Gasteiger partial charge in [0.1, 0.15) is 5.76 Å². The third-order valence-electron chi connectivity index (χ3n) is 3.80. The Labute approximate surface area is 112 Å². The zero-order chi connectivity index (χ0) is 13.5. The second-order valence-electron chi connectivity index (χ2n) is 5.47. The minimum absolute atomic E-state index is 0.151. The van der Waals surface area contributed by atoms with Crippen molar-refractivity contribution in [1.29, 1.82) is 0 Å². The highest BCUT2D eigenvalue weighted by atomic mass is 16.3. The Kier molecular flexibility index (Phi) is 2.82. The molecular weight excluding hydrogens is 240 g/mol. The van der Waals surface area contributed by atoms with Gasteiger partial charge in [-0.3, -0.25) is 0 Å². The van der Waals surface area contributed by atoms with E-state index in [1.165, 1.54) is 11.1 Å². The second kappa shape index (κ2) is 4.38. The minimum Gasteiger partial charge on any atom is -0.446 e. The molecule has 0 aliphatic carbocycles. The highest BCUT2D eigenvalue weighted by Gasteiger charge is 2.33. The average Bonchev–Trinajstić information content (AvgIpc) is 2.95. The Morgan fingerprint density at radius 2 is 2.32 bits per heavy atom. The van der Waals surface area contributed by atoms with Crippen molar-refractivity contribution < 1.29 is 9.52 Å². The molecule has 2 aromatic rings. The molecule has 1 aliphatic rings. The first-order chi connectivity index (χ1) is 9.10. The summed E-state index contributed by atoms with van der Waals surface area (Å²) in [5.41, 5.74) is 3.29. The highest BCUT2D eigenvalue weighted by Crippen LogP contribution is 2.37. The van der Waals surface area contributed by atoms with Crippen molar-refractivity contribution in [3.63, 3.8) is 0 Å². The molecule has 1 aliphatic heterocycles. The predicted molar refractivity (Wildman–Crippen MR) is 73.4 cm³/mol. The van der Waals surface area contributed by atoms with Crippen LogP contribution >= 0.6 is 0 Å². The van der Waals surface area contributed by atoms with Crippen LogP contribution in [0.25, 0.3) is 0 Å². The number of hydrogen-bond donors (Lipinski definition) is 2. The van der Waals surface area contributed by atoms with E-state index in [1.54, 1.807) is 6.20 Å². The van der Waals surface area contributed by atoms with Crippen LogP contribution in [-0.4, -0.2) is 23.2 Å². The van der Waals surface area contributed by atoms with Crippen LogP contribution in [0.3, 0.4) is 0 Å². The summed E-state index contributed by atoms with van der Waals surface area (Å²) < 4.78 is 5.51.